The van der Waals surface area contributed by atoms with Gasteiger partial charge >= 0.3 is 0 Å². The smallest absolute Gasteiger partial charge is 0.191 e. The number of nitrogens with one attached hydrogen (secondary N) is 2. The van der Waals surface area contributed by atoms with E-state index in [1.165, 1.54) is 18.6 Å². The molecule has 2 heterocycles. The summed E-state index contributed by atoms with van der Waals surface area (Å²) in [6, 6.07) is 1.96. The SMILES string of the molecule is CN=C(NCC(C)Cn1cccn1)NCC1CCCS1. The van der Waals surface area contributed by atoms with Crippen LogP contribution in [0.4, 0.5) is 0 Å². The van der Waals surface area contributed by atoms with Crippen molar-refractivity contribution in [2.24, 2.45) is 10.9 Å². The van der Waals surface area contributed by atoms with Crippen molar-refractivity contribution in [2.75, 3.05) is 25.9 Å². The number of aromatic nitrogens is 2. The maximum absolute atomic E-state index is 4.28. The lowest BCUT2D eigenvalue weighted by atomic mass is 10.2. The topological polar surface area (TPSA) is 54.2 Å². The van der Waals surface area contributed by atoms with Crippen LogP contribution in [0, 0.1) is 5.92 Å². The molecule has 1 fully saturated rings. The maximum Gasteiger partial charge on any atom is 0.191 e. The zero-order valence-corrected chi connectivity index (χ0v) is 13.2. The van der Waals surface area contributed by atoms with Gasteiger partial charge in [0.15, 0.2) is 5.96 Å². The highest BCUT2D eigenvalue weighted by atomic mass is 32.2. The molecule has 1 saturated heterocycles. The molecule has 2 N–H and O–H groups in total. The first kappa shape index (κ1) is 15.2. The van der Waals surface area contributed by atoms with Crippen LogP contribution in [0.2, 0.25) is 0 Å². The fraction of sp³-hybridized carbons (Fsp3) is 0.714. The summed E-state index contributed by atoms with van der Waals surface area (Å²) in [5, 5.41) is 11.8. The van der Waals surface area contributed by atoms with Gasteiger partial charge in [-0.3, -0.25) is 9.67 Å². The Morgan fingerprint density at radius 1 is 1.55 bits per heavy atom. The van der Waals surface area contributed by atoms with Crippen LogP contribution < -0.4 is 10.6 Å². The van der Waals surface area contributed by atoms with Crippen LogP contribution in [0.25, 0.3) is 0 Å². The molecular formula is C14H25N5S. The minimum atomic E-state index is 0.509. The van der Waals surface area contributed by atoms with Gasteiger partial charge in [-0.15, -0.1) is 0 Å². The van der Waals surface area contributed by atoms with Gasteiger partial charge in [-0.05, 0) is 30.6 Å². The maximum atomic E-state index is 4.28. The summed E-state index contributed by atoms with van der Waals surface area (Å²) in [7, 11) is 1.83. The zero-order chi connectivity index (χ0) is 14.2. The van der Waals surface area contributed by atoms with Crippen molar-refractivity contribution in [1.29, 1.82) is 0 Å². The van der Waals surface area contributed by atoms with Gasteiger partial charge in [0.25, 0.3) is 0 Å². The Bertz CT molecular complexity index is 398. The molecular weight excluding hydrogens is 270 g/mol. The van der Waals surface area contributed by atoms with Gasteiger partial charge in [0.1, 0.15) is 0 Å². The average Bonchev–Trinajstić information content (AvgIpc) is 3.12. The van der Waals surface area contributed by atoms with E-state index in [-0.39, 0.29) is 0 Å². The van der Waals surface area contributed by atoms with Gasteiger partial charge in [0.2, 0.25) is 0 Å². The number of nitrogens with zero attached hydrogens (tertiary/aromatic N) is 3. The van der Waals surface area contributed by atoms with Crippen LogP contribution in [0.1, 0.15) is 19.8 Å². The van der Waals surface area contributed by atoms with Crippen molar-refractivity contribution in [1.82, 2.24) is 20.4 Å². The summed E-state index contributed by atoms with van der Waals surface area (Å²) in [6.07, 6.45) is 6.50. The number of hydrogen-bond donors (Lipinski definition) is 2. The first-order valence-corrected chi connectivity index (χ1v) is 8.36. The second kappa shape index (κ2) is 8.19. The molecule has 0 saturated carbocycles. The summed E-state index contributed by atoms with van der Waals surface area (Å²) in [4.78, 5) is 4.28. The van der Waals surface area contributed by atoms with Crippen molar-refractivity contribution >= 4 is 17.7 Å². The quantitative estimate of drug-likeness (QED) is 0.618. The molecule has 6 heteroatoms. The number of thioether (sulfide) groups is 1. The van der Waals surface area contributed by atoms with Crippen molar-refractivity contribution < 1.29 is 0 Å². The summed E-state index contributed by atoms with van der Waals surface area (Å²) >= 11 is 2.07. The van der Waals surface area contributed by atoms with E-state index in [9.17, 15) is 0 Å². The third kappa shape index (κ3) is 5.07. The molecule has 0 aliphatic carbocycles. The van der Waals surface area contributed by atoms with Crippen LogP contribution in [0.5, 0.6) is 0 Å². The Kier molecular flexibility index (Phi) is 6.24. The van der Waals surface area contributed by atoms with Crippen molar-refractivity contribution in [3.63, 3.8) is 0 Å². The highest BCUT2D eigenvalue weighted by Gasteiger charge is 2.15. The van der Waals surface area contributed by atoms with E-state index in [2.05, 4.69) is 39.4 Å². The monoisotopic (exact) mass is 295 g/mol. The lowest BCUT2D eigenvalue weighted by Gasteiger charge is -2.17. The molecule has 1 aliphatic rings. The van der Waals surface area contributed by atoms with Gasteiger partial charge in [-0.2, -0.15) is 16.9 Å². The second-order valence-electron chi connectivity index (χ2n) is 5.30. The number of hydrogen-bond acceptors (Lipinski definition) is 3. The Labute approximate surface area is 125 Å². The molecule has 2 atom stereocenters. The van der Waals surface area contributed by atoms with Crippen molar-refractivity contribution in [3.8, 4) is 0 Å². The Hall–Kier alpha value is -1.17. The van der Waals surface area contributed by atoms with E-state index < -0.39 is 0 Å². The first-order chi connectivity index (χ1) is 9.78. The van der Waals surface area contributed by atoms with E-state index in [1.807, 2.05) is 30.2 Å². The van der Waals surface area contributed by atoms with E-state index in [0.717, 1.165) is 30.8 Å². The third-order valence-corrected chi connectivity index (χ3v) is 4.82. The molecule has 2 rings (SSSR count). The van der Waals surface area contributed by atoms with Gasteiger partial charge < -0.3 is 10.6 Å². The van der Waals surface area contributed by atoms with Gasteiger partial charge in [-0.25, -0.2) is 0 Å². The predicted molar refractivity (Wildman–Crippen MR) is 86.2 cm³/mol. The molecule has 20 heavy (non-hydrogen) atoms. The second-order valence-corrected chi connectivity index (χ2v) is 6.71. The third-order valence-electron chi connectivity index (χ3n) is 3.42. The van der Waals surface area contributed by atoms with Crippen molar-refractivity contribution in [3.05, 3.63) is 18.5 Å². The van der Waals surface area contributed by atoms with Crippen LogP contribution in [0.15, 0.2) is 23.5 Å². The lowest BCUT2D eigenvalue weighted by molar-refractivity contribution is 0.443. The zero-order valence-electron chi connectivity index (χ0n) is 12.4. The molecule has 0 amide bonds. The highest BCUT2D eigenvalue weighted by molar-refractivity contribution is 8.00. The lowest BCUT2D eigenvalue weighted by Crippen LogP contribution is -2.42. The van der Waals surface area contributed by atoms with Crippen LogP contribution in [-0.4, -0.2) is 46.9 Å². The van der Waals surface area contributed by atoms with E-state index in [0.29, 0.717) is 5.92 Å². The fourth-order valence-electron chi connectivity index (χ4n) is 2.30. The van der Waals surface area contributed by atoms with E-state index in [1.54, 1.807) is 0 Å². The molecule has 112 valence electrons. The predicted octanol–water partition coefficient (Wildman–Crippen LogP) is 1.58. The molecule has 1 aromatic heterocycles. The summed E-state index contributed by atoms with van der Waals surface area (Å²) in [5.74, 6) is 2.72. The standard InChI is InChI=1S/C14H25N5S/c1-12(11-19-7-4-6-18-19)9-16-14(15-2)17-10-13-5-3-8-20-13/h4,6-7,12-13H,3,5,8-11H2,1-2H3,(H2,15,16,17). The Balaban J connectivity index is 1.65. The van der Waals surface area contributed by atoms with Gasteiger partial charge in [0, 0.05) is 44.3 Å². The molecule has 0 radical (unpaired) electrons. The van der Waals surface area contributed by atoms with Crippen LogP contribution in [0.3, 0.4) is 0 Å². The van der Waals surface area contributed by atoms with E-state index >= 15 is 0 Å². The van der Waals surface area contributed by atoms with Gasteiger partial charge in [0.05, 0.1) is 0 Å². The summed E-state index contributed by atoms with van der Waals surface area (Å²) in [5.41, 5.74) is 0. The number of guanidine groups is 1. The number of rotatable bonds is 6. The fourth-order valence-corrected chi connectivity index (χ4v) is 3.50. The Morgan fingerprint density at radius 3 is 3.10 bits per heavy atom. The van der Waals surface area contributed by atoms with Gasteiger partial charge in [-0.1, -0.05) is 6.92 Å². The van der Waals surface area contributed by atoms with Crippen molar-refractivity contribution in [2.45, 2.75) is 31.6 Å². The minimum absolute atomic E-state index is 0.509. The minimum Gasteiger partial charge on any atom is -0.356 e. The van der Waals surface area contributed by atoms with Crippen LogP contribution in [-0.2, 0) is 6.54 Å². The summed E-state index contributed by atoms with van der Waals surface area (Å²) in [6.45, 7) is 5.06. The molecule has 0 aromatic carbocycles. The molecule has 2 unspecified atom stereocenters. The molecule has 5 nitrogen and oxygen atoms in total. The largest absolute Gasteiger partial charge is 0.356 e. The molecule has 1 aromatic rings. The first-order valence-electron chi connectivity index (χ1n) is 7.31. The van der Waals surface area contributed by atoms with E-state index in [4.69, 9.17) is 0 Å². The number of aliphatic imine (C=N–C) groups is 1. The summed E-state index contributed by atoms with van der Waals surface area (Å²) < 4.78 is 1.97. The normalized spacial score (nSPS) is 20.9. The average molecular weight is 295 g/mol. The molecule has 0 bridgehead atoms. The van der Waals surface area contributed by atoms with Crippen LogP contribution >= 0.6 is 11.8 Å². The Morgan fingerprint density at radius 2 is 2.45 bits per heavy atom. The highest BCUT2D eigenvalue weighted by Crippen LogP contribution is 2.25. The molecule has 0 spiro atoms. The molecule has 1 aliphatic heterocycles.